The zero-order valence-electron chi connectivity index (χ0n) is 22.1. The van der Waals surface area contributed by atoms with Crippen LogP contribution in [0.5, 0.6) is 0 Å². The van der Waals surface area contributed by atoms with E-state index in [2.05, 4.69) is 60.9 Å². The molecule has 0 radical (unpaired) electrons. The quantitative estimate of drug-likeness (QED) is 0.120. The van der Waals surface area contributed by atoms with Crippen molar-refractivity contribution in [3.8, 4) is 11.3 Å². The Morgan fingerprint density at radius 1 is 1.00 bits per heavy atom. The number of hydrogen-bond acceptors (Lipinski definition) is 7. The number of hydrogen-bond donors (Lipinski definition) is 3. The van der Waals surface area contributed by atoms with Crippen molar-refractivity contribution in [1.29, 1.82) is 0 Å². The van der Waals surface area contributed by atoms with Gasteiger partial charge in [-0.3, -0.25) is 14.6 Å². The van der Waals surface area contributed by atoms with Gasteiger partial charge in [-0.25, -0.2) is 9.97 Å². The Morgan fingerprint density at radius 3 is 2.70 bits per heavy atom. The third kappa shape index (κ3) is 6.75. The van der Waals surface area contributed by atoms with Crippen LogP contribution in [0, 0.1) is 0 Å². The highest BCUT2D eigenvalue weighted by molar-refractivity contribution is 7.99. The van der Waals surface area contributed by atoms with E-state index < -0.39 is 0 Å². The number of amides is 2. The molecule has 2 amide bonds. The number of nitrogens with one attached hydrogen (secondary N) is 3. The molecule has 5 aromatic rings. The summed E-state index contributed by atoms with van der Waals surface area (Å²) in [5.41, 5.74) is 4.16. The Bertz CT molecular complexity index is 1580. The zero-order valence-corrected chi connectivity index (χ0v) is 23.7. The van der Waals surface area contributed by atoms with Crippen molar-refractivity contribution in [3.05, 3.63) is 95.0 Å². The molecule has 3 aromatic heterocycles. The second-order valence-corrected chi connectivity index (χ2v) is 11.3. The predicted octanol–water partition coefficient (Wildman–Crippen LogP) is 6.26. The molecule has 0 spiro atoms. The summed E-state index contributed by atoms with van der Waals surface area (Å²) in [7, 11) is 0. The number of rotatable bonds is 12. The fraction of sp³-hybridized carbons (Fsp3) is 0.233. The summed E-state index contributed by atoms with van der Waals surface area (Å²) in [4.78, 5) is 42.6. The van der Waals surface area contributed by atoms with Gasteiger partial charge in [0.05, 0.1) is 35.2 Å². The summed E-state index contributed by atoms with van der Waals surface area (Å²) in [6, 6.07) is 17.8. The minimum atomic E-state index is -0.314. The number of benzene rings is 2. The molecule has 3 N–H and O–H groups in total. The van der Waals surface area contributed by atoms with Crippen LogP contribution in [-0.2, 0) is 0 Å². The summed E-state index contributed by atoms with van der Waals surface area (Å²) in [6.45, 7) is 2.56. The standard InChI is InChI=1S/C30H30N6O2S2/c1-2-39-30-23(10-7-15-33-30)28(37)32-14-6-5-11-24(36-29(38)26-18-31-19-40-26)27-34-17-25(35-27)22-13-12-20-8-3-4-9-21(20)16-22/h3-4,7-10,12-13,15-19,24H,2,5-6,11,14H2,1H3,(H,32,37)(H,34,35)(H,36,38)/t24-/m0/s1. The van der Waals surface area contributed by atoms with Crippen LogP contribution in [-0.4, -0.2) is 44.0 Å². The lowest BCUT2D eigenvalue weighted by Crippen LogP contribution is -2.29. The van der Waals surface area contributed by atoms with E-state index in [1.807, 2.05) is 25.3 Å². The van der Waals surface area contributed by atoms with Gasteiger partial charge in [0.25, 0.3) is 11.8 Å². The minimum absolute atomic E-state index is 0.120. The van der Waals surface area contributed by atoms with Crippen LogP contribution in [0.25, 0.3) is 22.0 Å². The number of carbonyl (C=O) groups excluding carboxylic acids is 2. The van der Waals surface area contributed by atoms with Gasteiger partial charge in [0.2, 0.25) is 0 Å². The summed E-state index contributed by atoms with van der Waals surface area (Å²) in [6.07, 6.45) is 7.28. The molecule has 5 rings (SSSR count). The molecule has 40 heavy (non-hydrogen) atoms. The maximum Gasteiger partial charge on any atom is 0.263 e. The summed E-state index contributed by atoms with van der Waals surface area (Å²) >= 11 is 2.86. The van der Waals surface area contributed by atoms with Gasteiger partial charge in [-0.05, 0) is 54.0 Å². The minimum Gasteiger partial charge on any atom is -0.352 e. The Balaban J connectivity index is 1.23. The van der Waals surface area contributed by atoms with Gasteiger partial charge in [-0.15, -0.1) is 23.1 Å². The second-order valence-electron chi connectivity index (χ2n) is 9.18. The Morgan fingerprint density at radius 2 is 1.88 bits per heavy atom. The Labute approximate surface area is 241 Å². The van der Waals surface area contributed by atoms with E-state index in [-0.39, 0.29) is 17.9 Å². The first-order chi connectivity index (χ1) is 19.6. The first-order valence-corrected chi connectivity index (χ1v) is 15.1. The van der Waals surface area contributed by atoms with Gasteiger partial charge in [0.1, 0.15) is 15.7 Å². The van der Waals surface area contributed by atoms with Crippen molar-refractivity contribution < 1.29 is 9.59 Å². The van der Waals surface area contributed by atoms with Gasteiger partial charge < -0.3 is 15.6 Å². The molecule has 3 heterocycles. The van der Waals surface area contributed by atoms with Crippen molar-refractivity contribution in [2.45, 2.75) is 37.3 Å². The van der Waals surface area contributed by atoms with Crippen molar-refractivity contribution in [2.24, 2.45) is 0 Å². The fourth-order valence-corrected chi connectivity index (χ4v) is 5.69. The molecule has 0 unspecified atom stereocenters. The number of aromatic nitrogens is 4. The largest absolute Gasteiger partial charge is 0.352 e. The van der Waals surface area contributed by atoms with Crippen molar-refractivity contribution >= 4 is 45.7 Å². The lowest BCUT2D eigenvalue weighted by atomic mass is 10.1. The van der Waals surface area contributed by atoms with Crippen LogP contribution in [0.1, 0.15) is 58.1 Å². The number of thioether (sulfide) groups is 1. The third-order valence-corrected chi connectivity index (χ3v) is 8.11. The van der Waals surface area contributed by atoms with E-state index in [1.165, 1.54) is 16.7 Å². The molecule has 1 atom stereocenters. The van der Waals surface area contributed by atoms with E-state index in [4.69, 9.17) is 0 Å². The summed E-state index contributed by atoms with van der Waals surface area (Å²) in [5, 5.41) is 9.20. The van der Waals surface area contributed by atoms with Crippen LogP contribution >= 0.6 is 23.1 Å². The smallest absolute Gasteiger partial charge is 0.263 e. The average molecular weight is 571 g/mol. The van der Waals surface area contributed by atoms with E-state index in [0.717, 1.165) is 40.3 Å². The Kier molecular flexibility index (Phi) is 9.20. The lowest BCUT2D eigenvalue weighted by molar-refractivity contribution is 0.0935. The molecule has 0 saturated carbocycles. The molecule has 10 heteroatoms. The molecule has 0 saturated heterocycles. The zero-order chi connectivity index (χ0) is 27.7. The van der Waals surface area contributed by atoms with Gasteiger partial charge in [0.15, 0.2) is 0 Å². The number of pyridine rings is 1. The van der Waals surface area contributed by atoms with E-state index in [1.54, 1.807) is 41.8 Å². The highest BCUT2D eigenvalue weighted by atomic mass is 32.2. The van der Waals surface area contributed by atoms with E-state index in [0.29, 0.717) is 29.2 Å². The topological polar surface area (TPSA) is 113 Å². The van der Waals surface area contributed by atoms with Gasteiger partial charge in [0, 0.05) is 18.3 Å². The van der Waals surface area contributed by atoms with Crippen LogP contribution in [0.4, 0.5) is 0 Å². The number of fused-ring (bicyclic) bond motifs is 1. The molecule has 8 nitrogen and oxygen atoms in total. The maximum absolute atomic E-state index is 12.9. The number of thiazole rings is 1. The molecular weight excluding hydrogens is 541 g/mol. The predicted molar refractivity (Wildman–Crippen MR) is 161 cm³/mol. The number of carbonyl (C=O) groups is 2. The highest BCUT2D eigenvalue weighted by Crippen LogP contribution is 2.26. The van der Waals surface area contributed by atoms with Crippen molar-refractivity contribution in [3.63, 3.8) is 0 Å². The fourth-order valence-electron chi connectivity index (χ4n) is 4.44. The molecule has 0 aliphatic carbocycles. The third-order valence-electron chi connectivity index (χ3n) is 6.45. The van der Waals surface area contributed by atoms with Crippen LogP contribution in [0.15, 0.2) is 83.7 Å². The molecule has 0 aliphatic rings. The first kappa shape index (κ1) is 27.5. The van der Waals surface area contributed by atoms with Gasteiger partial charge in [-0.1, -0.05) is 43.3 Å². The SMILES string of the molecule is CCSc1ncccc1C(=O)NCCCC[C@H](NC(=O)c1cncs1)c1ncc(-c2ccc3ccccc3c2)[nH]1. The number of aromatic amines is 1. The first-order valence-electron chi connectivity index (χ1n) is 13.2. The number of H-pyrrole nitrogens is 1. The van der Waals surface area contributed by atoms with Crippen LogP contribution in [0.2, 0.25) is 0 Å². The molecule has 204 valence electrons. The van der Waals surface area contributed by atoms with E-state index in [9.17, 15) is 9.59 Å². The number of unbranched alkanes of at least 4 members (excludes halogenated alkanes) is 1. The van der Waals surface area contributed by atoms with E-state index >= 15 is 0 Å². The molecule has 0 aliphatic heterocycles. The summed E-state index contributed by atoms with van der Waals surface area (Å²) in [5.74, 6) is 1.25. The number of imidazole rings is 1. The average Bonchev–Trinajstić information content (AvgIpc) is 3.70. The maximum atomic E-state index is 12.9. The van der Waals surface area contributed by atoms with Crippen LogP contribution in [0.3, 0.4) is 0 Å². The Hall–Kier alpha value is -4.02. The molecule has 2 aromatic carbocycles. The molecule has 0 fully saturated rings. The normalized spacial score (nSPS) is 11.8. The molecule has 0 bridgehead atoms. The van der Waals surface area contributed by atoms with Crippen molar-refractivity contribution in [1.82, 2.24) is 30.6 Å². The monoisotopic (exact) mass is 570 g/mol. The highest BCUT2D eigenvalue weighted by Gasteiger charge is 2.20. The molecular formula is C30H30N6O2S2. The lowest BCUT2D eigenvalue weighted by Gasteiger charge is -2.16. The van der Waals surface area contributed by atoms with Crippen LogP contribution < -0.4 is 10.6 Å². The second kappa shape index (κ2) is 13.4. The van der Waals surface area contributed by atoms with Gasteiger partial charge in [-0.2, -0.15) is 0 Å². The summed E-state index contributed by atoms with van der Waals surface area (Å²) < 4.78 is 0. The number of nitrogens with zero attached hydrogens (tertiary/aromatic N) is 3. The van der Waals surface area contributed by atoms with Crippen molar-refractivity contribution in [2.75, 3.05) is 12.3 Å². The van der Waals surface area contributed by atoms with Gasteiger partial charge >= 0.3 is 0 Å².